The zero-order valence-electron chi connectivity index (χ0n) is 11.4. The first kappa shape index (κ1) is 13.5. The van der Waals surface area contributed by atoms with Crippen LogP contribution in [0.1, 0.15) is 49.4 Å². The summed E-state index contributed by atoms with van der Waals surface area (Å²) in [5.41, 5.74) is 8.45. The average Bonchev–Trinajstić information content (AvgIpc) is 2.41. The number of nitrogens with zero attached hydrogens (tertiary/aromatic N) is 2. The highest BCUT2D eigenvalue weighted by molar-refractivity contribution is 5.94. The molecule has 1 atom stereocenters. The van der Waals surface area contributed by atoms with Gasteiger partial charge in [0.1, 0.15) is 0 Å². The third-order valence-electron chi connectivity index (χ3n) is 3.46. The highest BCUT2D eigenvalue weighted by Crippen LogP contribution is 2.30. The van der Waals surface area contributed by atoms with Crippen molar-refractivity contribution in [3.63, 3.8) is 0 Å². The molecule has 0 bridgehead atoms. The maximum absolute atomic E-state index is 11.6. The van der Waals surface area contributed by atoms with Crippen LogP contribution in [-0.2, 0) is 11.2 Å². The largest absolute Gasteiger partial charge is 0.390 e. The predicted octanol–water partition coefficient (Wildman–Crippen LogP) is 2.74. The number of hydrogen-bond acceptors (Lipinski definition) is 3. The number of nitrogens with two attached hydrogens (primary N) is 1. The van der Waals surface area contributed by atoms with Crippen LogP contribution in [0.25, 0.3) is 6.08 Å². The molecule has 19 heavy (non-hydrogen) atoms. The lowest BCUT2D eigenvalue weighted by Gasteiger charge is -2.17. The first-order valence-electron chi connectivity index (χ1n) is 6.64. The summed E-state index contributed by atoms with van der Waals surface area (Å²) in [6.45, 7) is 4.15. The maximum Gasteiger partial charge on any atom is 0.157 e. The molecule has 0 aromatic carbocycles. The molecule has 1 aliphatic rings. The van der Waals surface area contributed by atoms with Gasteiger partial charge < -0.3 is 5.73 Å². The fourth-order valence-corrected chi connectivity index (χ4v) is 2.31. The fourth-order valence-electron chi connectivity index (χ4n) is 2.31. The molecule has 1 unspecified atom stereocenters. The molecular formula is C15H19N3O. The van der Waals surface area contributed by atoms with E-state index in [1.165, 1.54) is 6.34 Å². The van der Waals surface area contributed by atoms with E-state index >= 15 is 0 Å². The molecule has 2 rings (SSSR count). The standard InChI is InChI=1S/C15H19N3O/c1-3-11-8-12-5-7-13(19)6-4-10(2)14(12)18-15(11)17-9-16/h5,7-10H,3-4,6H2,1-2H3,(H2,16,17,18)/b7-5-. The molecule has 100 valence electrons. The molecule has 4 heteroatoms. The van der Waals surface area contributed by atoms with Crippen LogP contribution in [0.4, 0.5) is 5.82 Å². The topological polar surface area (TPSA) is 68.3 Å². The van der Waals surface area contributed by atoms with E-state index in [1.807, 2.05) is 6.08 Å². The molecule has 1 aliphatic carbocycles. The SMILES string of the molecule is CCc1cc2c(nc1N=CN)C(C)CCC(=O)/C=C\2. The van der Waals surface area contributed by atoms with Crippen molar-refractivity contribution in [2.45, 2.75) is 39.0 Å². The van der Waals surface area contributed by atoms with Gasteiger partial charge in [-0.1, -0.05) is 13.8 Å². The van der Waals surface area contributed by atoms with E-state index < -0.39 is 0 Å². The molecule has 0 aliphatic heterocycles. The normalized spacial score (nSPS) is 20.9. The van der Waals surface area contributed by atoms with E-state index in [2.05, 4.69) is 29.9 Å². The van der Waals surface area contributed by atoms with Crippen molar-refractivity contribution in [3.05, 3.63) is 29.0 Å². The zero-order valence-corrected chi connectivity index (χ0v) is 11.4. The second-order valence-electron chi connectivity index (χ2n) is 4.82. The van der Waals surface area contributed by atoms with Crippen LogP contribution in [0.5, 0.6) is 0 Å². The second-order valence-corrected chi connectivity index (χ2v) is 4.82. The van der Waals surface area contributed by atoms with Crippen molar-refractivity contribution in [1.82, 2.24) is 4.98 Å². The van der Waals surface area contributed by atoms with E-state index in [9.17, 15) is 4.79 Å². The number of rotatable bonds is 2. The van der Waals surface area contributed by atoms with Crippen molar-refractivity contribution in [3.8, 4) is 0 Å². The van der Waals surface area contributed by atoms with Crippen LogP contribution in [0, 0.1) is 0 Å². The quantitative estimate of drug-likeness (QED) is 0.654. The molecule has 1 heterocycles. The van der Waals surface area contributed by atoms with Crippen molar-refractivity contribution in [2.24, 2.45) is 10.7 Å². The Bertz CT molecular complexity index is 547. The number of aliphatic imine (C=N–C) groups is 1. The van der Waals surface area contributed by atoms with E-state index in [-0.39, 0.29) is 11.7 Å². The minimum atomic E-state index is 0.180. The zero-order chi connectivity index (χ0) is 13.8. The molecule has 0 fully saturated rings. The third-order valence-corrected chi connectivity index (χ3v) is 3.46. The Morgan fingerprint density at radius 1 is 1.53 bits per heavy atom. The lowest BCUT2D eigenvalue weighted by molar-refractivity contribution is -0.114. The van der Waals surface area contributed by atoms with Gasteiger partial charge in [-0.25, -0.2) is 9.98 Å². The summed E-state index contributed by atoms with van der Waals surface area (Å²) in [6, 6.07) is 2.07. The van der Waals surface area contributed by atoms with Crippen LogP contribution < -0.4 is 5.73 Å². The van der Waals surface area contributed by atoms with Crippen LogP contribution in [0.2, 0.25) is 0 Å². The Balaban J connectivity index is 2.57. The maximum atomic E-state index is 11.6. The van der Waals surface area contributed by atoms with E-state index in [4.69, 9.17) is 5.73 Å². The fraction of sp³-hybridized carbons (Fsp3) is 0.400. The third kappa shape index (κ3) is 2.89. The number of carbonyl (C=O) groups excluding carboxylic acids is 1. The number of aryl methyl sites for hydroxylation is 1. The lowest BCUT2D eigenvalue weighted by atomic mass is 9.92. The summed E-state index contributed by atoms with van der Waals surface area (Å²) in [5, 5.41) is 0. The van der Waals surface area contributed by atoms with Crippen LogP contribution in [0.3, 0.4) is 0 Å². The van der Waals surface area contributed by atoms with Gasteiger partial charge in [-0.3, -0.25) is 4.79 Å². The Morgan fingerprint density at radius 3 is 3.00 bits per heavy atom. The van der Waals surface area contributed by atoms with Gasteiger partial charge in [0, 0.05) is 6.42 Å². The van der Waals surface area contributed by atoms with Crippen molar-refractivity contribution in [2.75, 3.05) is 0 Å². The number of allylic oxidation sites excluding steroid dienone is 1. The van der Waals surface area contributed by atoms with Gasteiger partial charge in [0.05, 0.1) is 12.0 Å². The molecular weight excluding hydrogens is 238 g/mol. The molecule has 0 saturated carbocycles. The Morgan fingerprint density at radius 2 is 2.32 bits per heavy atom. The number of aromatic nitrogens is 1. The average molecular weight is 257 g/mol. The summed E-state index contributed by atoms with van der Waals surface area (Å²) >= 11 is 0. The number of fused-ring (bicyclic) bond motifs is 1. The summed E-state index contributed by atoms with van der Waals surface area (Å²) < 4.78 is 0. The Labute approximate surface area is 113 Å². The van der Waals surface area contributed by atoms with E-state index in [1.54, 1.807) is 6.08 Å². The number of carbonyl (C=O) groups is 1. The minimum Gasteiger partial charge on any atom is -0.390 e. The van der Waals surface area contributed by atoms with Gasteiger partial charge in [-0.2, -0.15) is 0 Å². The van der Waals surface area contributed by atoms with Crippen molar-refractivity contribution >= 4 is 24.0 Å². The Hall–Kier alpha value is -1.97. The first-order valence-corrected chi connectivity index (χ1v) is 6.64. The number of pyridine rings is 1. The summed E-state index contributed by atoms with van der Waals surface area (Å²) in [7, 11) is 0. The number of hydrogen-bond donors (Lipinski definition) is 1. The van der Waals surface area contributed by atoms with Gasteiger partial charge in [0.2, 0.25) is 0 Å². The van der Waals surface area contributed by atoms with Gasteiger partial charge in [0.25, 0.3) is 0 Å². The van der Waals surface area contributed by atoms with Crippen molar-refractivity contribution < 1.29 is 4.79 Å². The Kier molecular flexibility index (Phi) is 4.10. The summed E-state index contributed by atoms with van der Waals surface area (Å²) in [6.07, 6.45) is 7.03. The summed E-state index contributed by atoms with van der Waals surface area (Å²) in [4.78, 5) is 20.3. The highest BCUT2D eigenvalue weighted by Gasteiger charge is 2.17. The monoisotopic (exact) mass is 257 g/mol. The van der Waals surface area contributed by atoms with Crippen LogP contribution in [-0.4, -0.2) is 17.1 Å². The lowest BCUT2D eigenvalue weighted by Crippen LogP contribution is -2.07. The molecule has 0 amide bonds. The van der Waals surface area contributed by atoms with E-state index in [0.717, 1.165) is 29.7 Å². The second kappa shape index (κ2) is 5.78. The molecule has 2 N–H and O–H groups in total. The van der Waals surface area contributed by atoms with Crippen LogP contribution in [0.15, 0.2) is 17.1 Å². The van der Waals surface area contributed by atoms with E-state index in [0.29, 0.717) is 12.2 Å². The predicted molar refractivity (Wildman–Crippen MR) is 77.6 cm³/mol. The van der Waals surface area contributed by atoms with Gasteiger partial charge in [0.15, 0.2) is 11.6 Å². The van der Waals surface area contributed by atoms with Gasteiger partial charge in [-0.05, 0) is 48.1 Å². The molecule has 4 nitrogen and oxygen atoms in total. The van der Waals surface area contributed by atoms with Gasteiger partial charge >= 0.3 is 0 Å². The summed E-state index contributed by atoms with van der Waals surface area (Å²) in [5.74, 6) is 1.12. The molecule has 0 radical (unpaired) electrons. The first-order chi connectivity index (χ1) is 9.15. The smallest absolute Gasteiger partial charge is 0.157 e. The minimum absolute atomic E-state index is 0.180. The van der Waals surface area contributed by atoms with Gasteiger partial charge in [-0.15, -0.1) is 0 Å². The number of ketones is 1. The highest BCUT2D eigenvalue weighted by atomic mass is 16.1. The van der Waals surface area contributed by atoms with Crippen molar-refractivity contribution in [1.29, 1.82) is 0 Å². The molecule has 0 saturated heterocycles. The molecule has 1 aromatic heterocycles. The van der Waals surface area contributed by atoms with Crippen LogP contribution >= 0.6 is 0 Å². The molecule has 1 aromatic rings. The molecule has 0 spiro atoms.